The molecule has 4 unspecified atom stereocenters. The largest absolute Gasteiger partial charge is 0.295 e. The second kappa shape index (κ2) is 5.66. The van der Waals surface area contributed by atoms with Crippen molar-refractivity contribution in [3.63, 3.8) is 0 Å². The van der Waals surface area contributed by atoms with Crippen LogP contribution in [0, 0.1) is 47.3 Å². The van der Waals surface area contributed by atoms with Crippen molar-refractivity contribution in [2.75, 3.05) is 6.26 Å². The SMILES string of the molecule is C#C[C@@]1(SC)CCC2C3C(CC[C@@]21C)C1CCC(=O)C=C1C[C@H]3C. The molecule has 0 saturated heterocycles. The van der Waals surface area contributed by atoms with Gasteiger partial charge in [0.25, 0.3) is 0 Å². The Bertz CT molecular complexity index is 628. The first kappa shape index (κ1) is 16.8. The van der Waals surface area contributed by atoms with Gasteiger partial charge >= 0.3 is 0 Å². The molecule has 2 heteroatoms. The van der Waals surface area contributed by atoms with Gasteiger partial charge in [-0.1, -0.05) is 25.3 Å². The molecule has 130 valence electrons. The van der Waals surface area contributed by atoms with Gasteiger partial charge in [-0.15, -0.1) is 18.2 Å². The number of rotatable bonds is 1. The summed E-state index contributed by atoms with van der Waals surface area (Å²) >= 11 is 1.94. The summed E-state index contributed by atoms with van der Waals surface area (Å²) < 4.78 is 0.0427. The molecule has 0 amide bonds. The van der Waals surface area contributed by atoms with Crippen LogP contribution in [0.15, 0.2) is 11.6 Å². The number of ketones is 1. The summed E-state index contributed by atoms with van der Waals surface area (Å²) in [6, 6.07) is 0. The van der Waals surface area contributed by atoms with Crippen molar-refractivity contribution >= 4 is 17.5 Å². The lowest BCUT2D eigenvalue weighted by Crippen LogP contribution is -2.52. The Morgan fingerprint density at radius 2 is 2.08 bits per heavy atom. The van der Waals surface area contributed by atoms with Crippen LogP contribution in [-0.2, 0) is 4.79 Å². The summed E-state index contributed by atoms with van der Waals surface area (Å²) in [5.41, 5.74) is 1.78. The van der Waals surface area contributed by atoms with E-state index in [-0.39, 0.29) is 4.75 Å². The number of thioether (sulfide) groups is 1. The molecule has 0 spiro atoms. The molecular weight excluding hydrogens is 312 g/mol. The van der Waals surface area contributed by atoms with Crippen LogP contribution in [0.25, 0.3) is 0 Å². The molecule has 4 rings (SSSR count). The van der Waals surface area contributed by atoms with Gasteiger partial charge < -0.3 is 0 Å². The van der Waals surface area contributed by atoms with Gasteiger partial charge in [-0.05, 0) is 85.9 Å². The second-order valence-electron chi connectivity index (χ2n) is 9.03. The molecule has 24 heavy (non-hydrogen) atoms. The molecule has 0 N–H and O–H groups in total. The molecule has 0 heterocycles. The molecule has 0 radical (unpaired) electrons. The van der Waals surface area contributed by atoms with Gasteiger partial charge in [-0.25, -0.2) is 0 Å². The van der Waals surface area contributed by atoms with Crippen LogP contribution in [0.4, 0.5) is 0 Å². The summed E-state index contributed by atoms with van der Waals surface area (Å²) in [6.07, 6.45) is 18.4. The first-order valence-electron chi connectivity index (χ1n) is 9.72. The van der Waals surface area contributed by atoms with Gasteiger partial charge in [0.2, 0.25) is 0 Å². The first-order chi connectivity index (χ1) is 11.5. The van der Waals surface area contributed by atoms with E-state index in [1.165, 1.54) is 31.3 Å². The molecule has 4 aliphatic rings. The Kier molecular flexibility index (Phi) is 3.96. The average Bonchev–Trinajstić information content (AvgIpc) is 2.87. The molecule has 7 atom stereocenters. The minimum atomic E-state index is 0.0427. The standard InChI is InChI=1S/C22H30OS/c1-5-22(24-4)11-9-19-20-14(2)12-15-13-16(23)6-7-17(15)18(20)8-10-21(19,22)3/h1,13-14,17-20H,6-12H2,2-4H3/t14-,17?,18?,19?,20?,21+,22-/m1/s1. The predicted molar refractivity (Wildman–Crippen MR) is 102 cm³/mol. The van der Waals surface area contributed by atoms with Crippen LogP contribution < -0.4 is 0 Å². The fourth-order valence-corrected chi connectivity index (χ4v) is 8.38. The maximum Gasteiger partial charge on any atom is 0.155 e. The third-order valence-corrected chi connectivity index (χ3v) is 9.83. The number of terminal acetylenes is 1. The van der Waals surface area contributed by atoms with E-state index in [0.29, 0.717) is 23.0 Å². The van der Waals surface area contributed by atoms with E-state index < -0.39 is 0 Å². The highest BCUT2D eigenvalue weighted by Crippen LogP contribution is 2.68. The van der Waals surface area contributed by atoms with Gasteiger partial charge in [-0.2, -0.15) is 0 Å². The van der Waals surface area contributed by atoms with Crippen LogP contribution in [0.2, 0.25) is 0 Å². The third-order valence-electron chi connectivity index (χ3n) is 8.34. The minimum absolute atomic E-state index is 0.0427. The van der Waals surface area contributed by atoms with E-state index in [1.807, 2.05) is 17.8 Å². The van der Waals surface area contributed by atoms with Gasteiger partial charge in [0.1, 0.15) is 0 Å². The molecule has 1 nitrogen and oxygen atoms in total. The quantitative estimate of drug-likeness (QED) is 0.616. The number of hydrogen-bond donors (Lipinski definition) is 0. The van der Waals surface area contributed by atoms with E-state index in [1.54, 1.807) is 0 Å². The normalized spacial score (nSPS) is 50.3. The summed E-state index contributed by atoms with van der Waals surface area (Å²) in [5.74, 6) is 7.36. The Balaban J connectivity index is 1.70. The first-order valence-corrected chi connectivity index (χ1v) is 10.9. The van der Waals surface area contributed by atoms with E-state index in [2.05, 4.69) is 26.0 Å². The van der Waals surface area contributed by atoms with Crippen molar-refractivity contribution in [1.82, 2.24) is 0 Å². The van der Waals surface area contributed by atoms with Crippen molar-refractivity contribution in [2.45, 2.75) is 63.5 Å². The van der Waals surface area contributed by atoms with Crippen LogP contribution >= 0.6 is 11.8 Å². The Morgan fingerprint density at radius 1 is 1.29 bits per heavy atom. The lowest BCUT2D eigenvalue weighted by Gasteiger charge is -2.57. The van der Waals surface area contributed by atoms with Crippen LogP contribution in [-0.4, -0.2) is 16.8 Å². The second-order valence-corrected chi connectivity index (χ2v) is 10.1. The summed E-state index contributed by atoms with van der Waals surface area (Å²) in [4.78, 5) is 11.9. The fourth-order valence-electron chi connectivity index (χ4n) is 7.22. The van der Waals surface area contributed by atoms with Gasteiger partial charge in [0.05, 0.1) is 4.75 Å². The highest BCUT2D eigenvalue weighted by molar-refractivity contribution is 8.00. The third kappa shape index (κ3) is 2.06. The highest BCUT2D eigenvalue weighted by atomic mass is 32.2. The molecule has 0 aromatic carbocycles. The Hall–Kier alpha value is -0.680. The predicted octanol–water partition coefficient (Wildman–Crippen LogP) is 5.11. The van der Waals surface area contributed by atoms with Crippen LogP contribution in [0.5, 0.6) is 0 Å². The molecule has 0 aromatic rings. The smallest absolute Gasteiger partial charge is 0.155 e. The van der Waals surface area contributed by atoms with E-state index in [4.69, 9.17) is 6.42 Å². The number of carbonyl (C=O) groups excluding carboxylic acids is 1. The van der Waals surface area contributed by atoms with Crippen molar-refractivity contribution in [3.8, 4) is 12.3 Å². The number of allylic oxidation sites excluding steroid dienone is 1. The molecule has 0 aromatic heterocycles. The van der Waals surface area contributed by atoms with Crippen molar-refractivity contribution < 1.29 is 4.79 Å². The van der Waals surface area contributed by atoms with Crippen molar-refractivity contribution in [1.29, 1.82) is 0 Å². The number of carbonyl (C=O) groups is 1. The lowest BCUT2D eigenvalue weighted by molar-refractivity contribution is -0.116. The summed E-state index contributed by atoms with van der Waals surface area (Å²) in [7, 11) is 0. The van der Waals surface area contributed by atoms with Crippen molar-refractivity contribution in [3.05, 3.63) is 11.6 Å². The minimum Gasteiger partial charge on any atom is -0.295 e. The van der Waals surface area contributed by atoms with Crippen molar-refractivity contribution in [2.24, 2.45) is 35.0 Å². The van der Waals surface area contributed by atoms with Gasteiger partial charge in [-0.3, -0.25) is 4.79 Å². The Morgan fingerprint density at radius 3 is 2.79 bits per heavy atom. The molecule has 0 aliphatic heterocycles. The fraction of sp³-hybridized carbons (Fsp3) is 0.773. The Labute approximate surface area is 151 Å². The van der Waals surface area contributed by atoms with E-state index >= 15 is 0 Å². The average molecular weight is 343 g/mol. The molecular formula is C22H30OS. The zero-order valence-electron chi connectivity index (χ0n) is 15.3. The molecule has 0 bridgehead atoms. The zero-order valence-corrected chi connectivity index (χ0v) is 16.1. The molecule has 4 aliphatic carbocycles. The van der Waals surface area contributed by atoms with E-state index in [9.17, 15) is 4.79 Å². The van der Waals surface area contributed by atoms with Gasteiger partial charge in [0, 0.05) is 6.42 Å². The number of fused-ring (bicyclic) bond motifs is 5. The maximum absolute atomic E-state index is 11.9. The van der Waals surface area contributed by atoms with Crippen LogP contribution in [0.3, 0.4) is 0 Å². The lowest BCUT2D eigenvalue weighted by atomic mass is 9.49. The van der Waals surface area contributed by atoms with E-state index in [0.717, 1.165) is 37.0 Å². The highest BCUT2D eigenvalue weighted by Gasteiger charge is 2.63. The number of hydrogen-bond acceptors (Lipinski definition) is 2. The molecule has 3 saturated carbocycles. The zero-order chi connectivity index (χ0) is 17.1. The maximum atomic E-state index is 11.9. The van der Waals surface area contributed by atoms with Gasteiger partial charge in [0.15, 0.2) is 5.78 Å². The summed E-state index contributed by atoms with van der Waals surface area (Å²) in [6.45, 7) is 4.94. The summed E-state index contributed by atoms with van der Waals surface area (Å²) in [5, 5.41) is 0. The monoisotopic (exact) mass is 342 g/mol. The topological polar surface area (TPSA) is 17.1 Å². The molecule has 3 fully saturated rings. The van der Waals surface area contributed by atoms with Crippen LogP contribution in [0.1, 0.15) is 58.8 Å².